The molecule has 0 aliphatic rings. The van der Waals surface area contributed by atoms with Crippen LogP contribution in [-0.2, 0) is 21.3 Å². The van der Waals surface area contributed by atoms with E-state index in [-0.39, 0.29) is 23.6 Å². The molecule has 6 heteroatoms. The third-order valence-electron chi connectivity index (χ3n) is 1.86. The Bertz CT molecular complexity index is 454. The smallest absolute Gasteiger partial charge is 0.304 e. The van der Waals surface area contributed by atoms with Gasteiger partial charge in [0, 0.05) is 28.3 Å². The second-order valence-electron chi connectivity index (χ2n) is 3.05. The minimum atomic E-state index is -1.28. The van der Waals surface area contributed by atoms with E-state index < -0.39 is 16.8 Å². The van der Waals surface area contributed by atoms with Crippen molar-refractivity contribution in [2.24, 2.45) is 0 Å². The zero-order valence-electron chi connectivity index (χ0n) is 8.42. The van der Waals surface area contributed by atoms with Crippen LogP contribution in [0.25, 0.3) is 0 Å². The van der Waals surface area contributed by atoms with Gasteiger partial charge in [-0.1, -0.05) is 6.07 Å². The first-order valence-electron chi connectivity index (χ1n) is 4.54. The molecule has 0 aliphatic heterocycles. The molecule has 1 N–H and O–H groups in total. The summed E-state index contributed by atoms with van der Waals surface area (Å²) < 4.78 is 11.5. The van der Waals surface area contributed by atoms with E-state index >= 15 is 0 Å². The van der Waals surface area contributed by atoms with Crippen LogP contribution in [0.3, 0.4) is 0 Å². The lowest BCUT2D eigenvalue weighted by Gasteiger charge is -2.02. The molecule has 1 rings (SSSR count). The van der Waals surface area contributed by atoms with E-state index in [2.05, 4.69) is 4.98 Å². The summed E-state index contributed by atoms with van der Waals surface area (Å²) in [6.45, 7) is 0. The van der Waals surface area contributed by atoms with Crippen molar-refractivity contribution in [3.63, 3.8) is 0 Å². The van der Waals surface area contributed by atoms with Crippen molar-refractivity contribution in [1.29, 1.82) is 5.26 Å². The van der Waals surface area contributed by atoms with Crippen LogP contribution >= 0.6 is 0 Å². The second kappa shape index (κ2) is 5.98. The summed E-state index contributed by atoms with van der Waals surface area (Å²) in [7, 11) is -1.28. The molecule has 0 radical (unpaired) electrons. The van der Waals surface area contributed by atoms with Gasteiger partial charge in [-0.25, -0.2) is 4.98 Å². The summed E-state index contributed by atoms with van der Waals surface area (Å²) >= 11 is 0. The van der Waals surface area contributed by atoms with Gasteiger partial charge in [0.15, 0.2) is 0 Å². The van der Waals surface area contributed by atoms with Crippen molar-refractivity contribution in [2.45, 2.75) is 12.2 Å². The normalized spacial score (nSPS) is 11.7. The maximum atomic E-state index is 11.5. The molecule has 0 spiro atoms. The van der Waals surface area contributed by atoms with Gasteiger partial charge >= 0.3 is 5.97 Å². The first kappa shape index (κ1) is 12.3. The topological polar surface area (TPSA) is 91.0 Å². The predicted octanol–water partition coefficient (Wildman–Crippen LogP) is 0.677. The van der Waals surface area contributed by atoms with Crippen LogP contribution < -0.4 is 0 Å². The van der Waals surface area contributed by atoms with E-state index in [9.17, 15) is 9.00 Å². The van der Waals surface area contributed by atoms with Crippen molar-refractivity contribution in [3.05, 3.63) is 29.6 Å². The van der Waals surface area contributed by atoms with Crippen LogP contribution in [0.5, 0.6) is 0 Å². The third kappa shape index (κ3) is 3.79. The lowest BCUT2D eigenvalue weighted by Crippen LogP contribution is -2.07. The first-order chi connectivity index (χ1) is 7.63. The van der Waals surface area contributed by atoms with E-state index in [1.165, 1.54) is 6.20 Å². The molecule has 1 heterocycles. The molecular weight excluding hydrogens is 228 g/mol. The molecule has 1 aromatic rings. The van der Waals surface area contributed by atoms with E-state index in [1.54, 1.807) is 12.1 Å². The number of carboxylic acids is 1. The average Bonchev–Trinajstić information content (AvgIpc) is 2.27. The molecule has 5 nitrogen and oxygen atoms in total. The molecule has 0 amide bonds. The molecule has 1 unspecified atom stereocenters. The van der Waals surface area contributed by atoms with Crippen LogP contribution in [0.1, 0.15) is 17.7 Å². The Labute approximate surface area is 95.2 Å². The molecule has 0 saturated carbocycles. The highest BCUT2D eigenvalue weighted by Gasteiger charge is 2.08. The minimum Gasteiger partial charge on any atom is -0.481 e. The number of aromatic nitrogens is 1. The number of nitrogens with zero attached hydrogens (tertiary/aromatic N) is 2. The Balaban J connectivity index is 2.63. The molecule has 0 aromatic carbocycles. The molecule has 0 bridgehead atoms. The van der Waals surface area contributed by atoms with Gasteiger partial charge < -0.3 is 5.11 Å². The first-order valence-corrected chi connectivity index (χ1v) is 6.03. The van der Waals surface area contributed by atoms with Crippen molar-refractivity contribution in [2.75, 3.05) is 5.75 Å². The molecule has 84 valence electrons. The minimum absolute atomic E-state index is 0.0924. The third-order valence-corrected chi connectivity index (χ3v) is 3.15. The summed E-state index contributed by atoms with van der Waals surface area (Å²) in [5, 5.41) is 17.2. The monoisotopic (exact) mass is 238 g/mol. The van der Waals surface area contributed by atoms with Crippen molar-refractivity contribution >= 4 is 16.8 Å². The number of hydrogen-bond acceptors (Lipinski definition) is 4. The average molecular weight is 238 g/mol. The number of hydrogen-bond donors (Lipinski definition) is 1. The van der Waals surface area contributed by atoms with E-state index in [0.29, 0.717) is 5.56 Å². The van der Waals surface area contributed by atoms with Gasteiger partial charge in [0.05, 0.1) is 12.2 Å². The van der Waals surface area contributed by atoms with Gasteiger partial charge in [-0.3, -0.25) is 9.00 Å². The highest BCUT2D eigenvalue weighted by molar-refractivity contribution is 7.84. The largest absolute Gasteiger partial charge is 0.481 e. The number of carbonyl (C=O) groups is 1. The van der Waals surface area contributed by atoms with E-state index in [0.717, 1.165) is 0 Å². The Morgan fingerprint density at radius 1 is 1.62 bits per heavy atom. The highest BCUT2D eigenvalue weighted by Crippen LogP contribution is 2.07. The SMILES string of the molecule is N#Cc1ncccc1CS(=O)CCC(=O)O. The lowest BCUT2D eigenvalue weighted by atomic mass is 10.2. The van der Waals surface area contributed by atoms with Crippen LogP contribution in [0, 0.1) is 11.3 Å². The fourth-order valence-electron chi connectivity index (χ4n) is 1.10. The summed E-state index contributed by atoms with van der Waals surface area (Å²) in [6, 6.07) is 5.23. The highest BCUT2D eigenvalue weighted by atomic mass is 32.2. The summed E-state index contributed by atoms with van der Waals surface area (Å²) in [6.07, 6.45) is 1.36. The quantitative estimate of drug-likeness (QED) is 0.814. The van der Waals surface area contributed by atoms with Gasteiger partial charge in [0.1, 0.15) is 11.8 Å². The molecule has 0 fully saturated rings. The van der Waals surface area contributed by atoms with Crippen LogP contribution in [-0.4, -0.2) is 26.0 Å². The van der Waals surface area contributed by atoms with Gasteiger partial charge in [0.2, 0.25) is 0 Å². The fourth-order valence-corrected chi connectivity index (χ4v) is 2.23. The maximum Gasteiger partial charge on any atom is 0.304 e. The zero-order valence-corrected chi connectivity index (χ0v) is 9.24. The molecule has 0 aliphatic carbocycles. The van der Waals surface area contributed by atoms with Crippen molar-refractivity contribution in [1.82, 2.24) is 4.98 Å². The zero-order chi connectivity index (χ0) is 12.0. The Hall–Kier alpha value is -1.74. The Morgan fingerprint density at radius 2 is 2.38 bits per heavy atom. The maximum absolute atomic E-state index is 11.5. The number of rotatable bonds is 5. The number of pyridine rings is 1. The summed E-state index contributed by atoms with van der Waals surface area (Å²) in [5.41, 5.74) is 0.833. The van der Waals surface area contributed by atoms with E-state index in [1.807, 2.05) is 6.07 Å². The van der Waals surface area contributed by atoms with Gasteiger partial charge in [-0.2, -0.15) is 5.26 Å². The van der Waals surface area contributed by atoms with Crippen LogP contribution in [0.4, 0.5) is 0 Å². The van der Waals surface area contributed by atoms with Crippen LogP contribution in [0.2, 0.25) is 0 Å². The van der Waals surface area contributed by atoms with Gasteiger partial charge in [0.25, 0.3) is 0 Å². The molecule has 1 atom stereocenters. The lowest BCUT2D eigenvalue weighted by molar-refractivity contribution is -0.136. The van der Waals surface area contributed by atoms with E-state index in [4.69, 9.17) is 10.4 Å². The molecular formula is C10H10N2O3S. The number of carboxylic acid groups (broad SMARTS) is 1. The van der Waals surface area contributed by atoms with Crippen molar-refractivity contribution in [3.8, 4) is 6.07 Å². The van der Waals surface area contributed by atoms with Crippen molar-refractivity contribution < 1.29 is 14.1 Å². The summed E-state index contributed by atoms with van der Waals surface area (Å²) in [4.78, 5) is 14.1. The predicted molar refractivity (Wildman–Crippen MR) is 57.9 cm³/mol. The number of aliphatic carboxylic acids is 1. The van der Waals surface area contributed by atoms with Gasteiger partial charge in [-0.05, 0) is 6.07 Å². The van der Waals surface area contributed by atoms with Crippen LogP contribution in [0.15, 0.2) is 18.3 Å². The summed E-state index contributed by atoms with van der Waals surface area (Å²) in [5.74, 6) is -0.709. The van der Waals surface area contributed by atoms with Gasteiger partial charge in [-0.15, -0.1) is 0 Å². The fraction of sp³-hybridized carbons (Fsp3) is 0.300. The molecule has 0 saturated heterocycles. The molecule has 16 heavy (non-hydrogen) atoms. The Morgan fingerprint density at radius 3 is 3.00 bits per heavy atom. The molecule has 1 aromatic heterocycles. The Kier molecular flexibility index (Phi) is 4.61. The number of nitriles is 1. The second-order valence-corrected chi connectivity index (χ2v) is 4.63. The standard InChI is InChI=1S/C10H10N2O3S/c11-6-9-8(2-1-4-12-9)7-16(15)5-3-10(13)14/h1-2,4H,3,5,7H2,(H,13,14).